The van der Waals surface area contributed by atoms with E-state index in [9.17, 15) is 0 Å². The minimum atomic E-state index is 0.700. The molecule has 0 aliphatic heterocycles. The molecule has 1 aromatic carbocycles. The van der Waals surface area contributed by atoms with Gasteiger partial charge < -0.3 is 9.64 Å². The number of ether oxygens (including phenoxy) is 1. The minimum Gasteiger partial charge on any atom is -0.385 e. The van der Waals surface area contributed by atoms with Gasteiger partial charge in [-0.2, -0.15) is 5.26 Å². The average molecular weight is 204 g/mol. The van der Waals surface area contributed by atoms with Gasteiger partial charge in [-0.1, -0.05) is 6.07 Å². The van der Waals surface area contributed by atoms with Crippen LogP contribution in [-0.2, 0) is 4.74 Å². The Morgan fingerprint density at radius 3 is 2.93 bits per heavy atom. The maximum Gasteiger partial charge on any atom is 0.0992 e. The van der Waals surface area contributed by atoms with Gasteiger partial charge in [-0.05, 0) is 24.6 Å². The number of methoxy groups -OCH3 is 1. The molecule has 0 radical (unpaired) electrons. The highest BCUT2D eigenvalue weighted by molar-refractivity contribution is 5.50. The molecule has 0 bridgehead atoms. The molecule has 3 heteroatoms. The second kappa shape index (κ2) is 6.05. The lowest BCUT2D eigenvalue weighted by Crippen LogP contribution is -2.19. The second-order valence-electron chi connectivity index (χ2n) is 3.43. The molecule has 0 aromatic heterocycles. The molecule has 0 aliphatic carbocycles. The Morgan fingerprint density at radius 1 is 1.47 bits per heavy atom. The van der Waals surface area contributed by atoms with Crippen LogP contribution < -0.4 is 4.90 Å². The summed E-state index contributed by atoms with van der Waals surface area (Å²) >= 11 is 0. The Balaban J connectivity index is 2.57. The van der Waals surface area contributed by atoms with Gasteiger partial charge in [0.2, 0.25) is 0 Å². The monoisotopic (exact) mass is 204 g/mol. The van der Waals surface area contributed by atoms with Crippen LogP contribution in [0.3, 0.4) is 0 Å². The van der Waals surface area contributed by atoms with E-state index >= 15 is 0 Å². The van der Waals surface area contributed by atoms with E-state index < -0.39 is 0 Å². The summed E-state index contributed by atoms with van der Waals surface area (Å²) in [5.74, 6) is 0. The van der Waals surface area contributed by atoms with Crippen molar-refractivity contribution in [3.63, 3.8) is 0 Å². The van der Waals surface area contributed by atoms with Crippen molar-refractivity contribution >= 4 is 5.69 Å². The van der Waals surface area contributed by atoms with Crippen LogP contribution >= 0.6 is 0 Å². The van der Waals surface area contributed by atoms with Crippen molar-refractivity contribution < 1.29 is 4.74 Å². The van der Waals surface area contributed by atoms with Crippen molar-refractivity contribution in [2.24, 2.45) is 0 Å². The fourth-order valence-electron chi connectivity index (χ4n) is 1.39. The fourth-order valence-corrected chi connectivity index (χ4v) is 1.39. The molecule has 0 unspecified atom stereocenters. The molecule has 1 aromatic rings. The molecule has 0 atom stereocenters. The molecule has 0 saturated heterocycles. The largest absolute Gasteiger partial charge is 0.385 e. The van der Waals surface area contributed by atoms with Gasteiger partial charge >= 0.3 is 0 Å². The summed E-state index contributed by atoms with van der Waals surface area (Å²) in [5, 5.41) is 8.77. The van der Waals surface area contributed by atoms with Crippen LogP contribution in [0, 0.1) is 11.3 Å². The van der Waals surface area contributed by atoms with Gasteiger partial charge in [0.05, 0.1) is 11.6 Å². The summed E-state index contributed by atoms with van der Waals surface area (Å²) in [6.07, 6.45) is 0.990. The van der Waals surface area contributed by atoms with Gasteiger partial charge in [0, 0.05) is 33.0 Å². The van der Waals surface area contributed by atoms with Crippen molar-refractivity contribution in [2.75, 3.05) is 32.2 Å². The van der Waals surface area contributed by atoms with E-state index in [1.165, 1.54) is 0 Å². The predicted octanol–water partition coefficient (Wildman–Crippen LogP) is 2.03. The Labute approximate surface area is 90.9 Å². The standard InChI is InChI=1S/C12H16N2O/c1-14(7-4-8-15-2)12-6-3-5-11(9-12)10-13/h3,5-6,9H,4,7-8H2,1-2H3. The second-order valence-corrected chi connectivity index (χ2v) is 3.43. The van der Waals surface area contributed by atoms with Crippen LogP contribution in [0.1, 0.15) is 12.0 Å². The van der Waals surface area contributed by atoms with Crippen molar-refractivity contribution in [1.29, 1.82) is 5.26 Å². The van der Waals surface area contributed by atoms with E-state index in [1.54, 1.807) is 7.11 Å². The van der Waals surface area contributed by atoms with Gasteiger partial charge in [0.25, 0.3) is 0 Å². The highest BCUT2D eigenvalue weighted by atomic mass is 16.5. The summed E-state index contributed by atoms with van der Waals surface area (Å²) in [7, 11) is 3.72. The van der Waals surface area contributed by atoms with Crippen LogP contribution in [0.15, 0.2) is 24.3 Å². The summed E-state index contributed by atoms with van der Waals surface area (Å²) in [6.45, 7) is 1.70. The summed E-state index contributed by atoms with van der Waals surface area (Å²) in [4.78, 5) is 2.12. The maximum atomic E-state index is 8.77. The van der Waals surface area contributed by atoms with E-state index in [1.807, 2.05) is 31.3 Å². The number of rotatable bonds is 5. The summed E-state index contributed by atoms with van der Waals surface area (Å²) in [5.41, 5.74) is 1.77. The van der Waals surface area contributed by atoms with Gasteiger partial charge in [-0.15, -0.1) is 0 Å². The lowest BCUT2D eigenvalue weighted by atomic mass is 10.2. The molecular weight excluding hydrogens is 188 g/mol. The lowest BCUT2D eigenvalue weighted by Gasteiger charge is -2.19. The number of hydrogen-bond donors (Lipinski definition) is 0. The van der Waals surface area contributed by atoms with Gasteiger partial charge in [0.15, 0.2) is 0 Å². The third kappa shape index (κ3) is 3.61. The van der Waals surface area contributed by atoms with E-state index in [4.69, 9.17) is 10.00 Å². The Bertz CT molecular complexity index is 344. The molecule has 0 spiro atoms. The molecule has 0 fully saturated rings. The number of hydrogen-bond acceptors (Lipinski definition) is 3. The molecule has 1 rings (SSSR count). The van der Waals surface area contributed by atoms with Crippen LogP contribution in [0.25, 0.3) is 0 Å². The zero-order chi connectivity index (χ0) is 11.1. The molecule has 3 nitrogen and oxygen atoms in total. The highest BCUT2D eigenvalue weighted by Crippen LogP contribution is 2.14. The molecule has 0 saturated carbocycles. The van der Waals surface area contributed by atoms with Crippen molar-refractivity contribution in [3.05, 3.63) is 29.8 Å². The normalized spacial score (nSPS) is 9.67. The van der Waals surface area contributed by atoms with Crippen LogP contribution in [0.2, 0.25) is 0 Å². The zero-order valence-electron chi connectivity index (χ0n) is 9.23. The first-order chi connectivity index (χ1) is 7.27. The Hall–Kier alpha value is -1.53. The molecule has 0 N–H and O–H groups in total. The zero-order valence-corrected chi connectivity index (χ0v) is 9.23. The first-order valence-electron chi connectivity index (χ1n) is 4.98. The van der Waals surface area contributed by atoms with Gasteiger partial charge in [-0.25, -0.2) is 0 Å². The third-order valence-corrected chi connectivity index (χ3v) is 2.26. The Kier molecular flexibility index (Phi) is 4.65. The number of anilines is 1. The summed E-state index contributed by atoms with van der Waals surface area (Å²) in [6, 6.07) is 9.76. The highest BCUT2D eigenvalue weighted by Gasteiger charge is 2.00. The van der Waals surface area contributed by atoms with Crippen molar-refractivity contribution in [1.82, 2.24) is 0 Å². The van der Waals surface area contributed by atoms with Crippen LogP contribution in [-0.4, -0.2) is 27.3 Å². The van der Waals surface area contributed by atoms with E-state index in [0.29, 0.717) is 5.56 Å². The van der Waals surface area contributed by atoms with Gasteiger partial charge in [0.1, 0.15) is 0 Å². The smallest absolute Gasteiger partial charge is 0.0992 e. The van der Waals surface area contributed by atoms with Crippen molar-refractivity contribution in [3.8, 4) is 6.07 Å². The maximum absolute atomic E-state index is 8.77. The predicted molar refractivity (Wildman–Crippen MR) is 60.9 cm³/mol. The molecule has 80 valence electrons. The molecule has 0 aliphatic rings. The third-order valence-electron chi connectivity index (χ3n) is 2.26. The quantitative estimate of drug-likeness (QED) is 0.688. The van der Waals surface area contributed by atoms with Crippen LogP contribution in [0.4, 0.5) is 5.69 Å². The molecule has 15 heavy (non-hydrogen) atoms. The van der Waals surface area contributed by atoms with E-state index in [2.05, 4.69) is 11.0 Å². The van der Waals surface area contributed by atoms with Crippen molar-refractivity contribution in [2.45, 2.75) is 6.42 Å². The van der Waals surface area contributed by atoms with Gasteiger partial charge in [-0.3, -0.25) is 0 Å². The fraction of sp³-hybridized carbons (Fsp3) is 0.417. The van der Waals surface area contributed by atoms with E-state index in [0.717, 1.165) is 25.3 Å². The first-order valence-corrected chi connectivity index (χ1v) is 4.98. The van der Waals surface area contributed by atoms with E-state index in [-0.39, 0.29) is 0 Å². The molecule has 0 amide bonds. The van der Waals surface area contributed by atoms with Crippen LogP contribution in [0.5, 0.6) is 0 Å². The number of nitrogens with zero attached hydrogens (tertiary/aromatic N) is 2. The SMILES string of the molecule is COCCCN(C)c1cccc(C#N)c1. The average Bonchev–Trinajstić information content (AvgIpc) is 2.29. The first kappa shape index (κ1) is 11.5. The minimum absolute atomic E-state index is 0.700. The number of benzene rings is 1. The lowest BCUT2D eigenvalue weighted by molar-refractivity contribution is 0.196. The number of nitriles is 1. The molecular formula is C12H16N2O. The molecule has 0 heterocycles. The topological polar surface area (TPSA) is 36.3 Å². The summed E-state index contributed by atoms with van der Waals surface area (Å²) < 4.78 is 4.99. The Morgan fingerprint density at radius 2 is 2.27 bits per heavy atom.